The molecule has 0 unspecified atom stereocenters. The average molecular weight is 443 g/mol. The lowest BCUT2D eigenvalue weighted by Crippen LogP contribution is -2.41. The molecule has 0 saturated carbocycles. The normalized spacial score (nSPS) is 16.0. The fourth-order valence-electron chi connectivity index (χ4n) is 3.25. The molecule has 11 heteroatoms. The average Bonchev–Trinajstić information content (AvgIpc) is 3.07. The molecule has 1 fully saturated rings. The lowest BCUT2D eigenvalue weighted by Gasteiger charge is -2.30. The van der Waals surface area contributed by atoms with E-state index in [-0.39, 0.29) is 40.5 Å². The van der Waals surface area contributed by atoms with Gasteiger partial charge in [-0.05, 0) is 37.1 Å². The molecule has 1 aliphatic rings. The summed E-state index contributed by atoms with van der Waals surface area (Å²) in [7, 11) is -2.26. The van der Waals surface area contributed by atoms with E-state index in [9.17, 15) is 22.4 Å². The zero-order chi connectivity index (χ0) is 21.3. The Morgan fingerprint density at radius 2 is 1.90 bits per heavy atom. The van der Waals surface area contributed by atoms with Gasteiger partial charge in [-0.25, -0.2) is 12.8 Å². The first-order chi connectivity index (χ1) is 13.6. The number of amides is 2. The van der Waals surface area contributed by atoms with Gasteiger partial charge in [-0.3, -0.25) is 9.59 Å². The van der Waals surface area contributed by atoms with Gasteiger partial charge in [-0.15, -0.1) is 0 Å². The molecule has 0 spiro atoms. The van der Waals surface area contributed by atoms with Crippen LogP contribution in [0.15, 0.2) is 35.4 Å². The molecule has 2 amide bonds. The molecule has 3 N–H and O–H groups in total. The second-order valence-electron chi connectivity index (χ2n) is 6.83. The summed E-state index contributed by atoms with van der Waals surface area (Å²) in [6, 6.07) is 5.13. The standard InChI is InChI=1S/C18H20ClFN4O4S/c1-23-10-13(9-16(23)17(21)25)29(27,28)24-6-4-11(5-7-24)18(26)22-12-2-3-15(20)14(19)8-12/h2-3,8-11H,4-7H2,1H3,(H2,21,25)(H,22,26). The van der Waals surface area contributed by atoms with E-state index in [0.717, 1.165) is 6.07 Å². The molecule has 3 rings (SSSR count). The molecule has 1 saturated heterocycles. The number of halogens is 2. The van der Waals surface area contributed by atoms with Gasteiger partial charge in [-0.1, -0.05) is 11.6 Å². The Balaban J connectivity index is 1.64. The Hall–Kier alpha value is -2.43. The predicted molar refractivity (Wildman–Crippen MR) is 105 cm³/mol. The Labute approximate surface area is 172 Å². The summed E-state index contributed by atoms with van der Waals surface area (Å²) in [6.45, 7) is 0.316. The summed E-state index contributed by atoms with van der Waals surface area (Å²) < 4.78 is 41.5. The van der Waals surface area contributed by atoms with Crippen molar-refractivity contribution in [3.05, 3.63) is 47.0 Å². The first-order valence-corrected chi connectivity index (χ1v) is 10.6. The van der Waals surface area contributed by atoms with Crippen LogP contribution in [-0.4, -0.2) is 42.2 Å². The third-order valence-electron chi connectivity index (χ3n) is 4.88. The number of nitrogens with two attached hydrogens (primary N) is 1. The monoisotopic (exact) mass is 442 g/mol. The minimum Gasteiger partial charge on any atom is -0.364 e. The Morgan fingerprint density at radius 3 is 2.45 bits per heavy atom. The van der Waals surface area contributed by atoms with Crippen molar-refractivity contribution in [2.45, 2.75) is 17.7 Å². The number of aryl methyl sites for hydroxylation is 1. The zero-order valence-electron chi connectivity index (χ0n) is 15.6. The highest BCUT2D eigenvalue weighted by molar-refractivity contribution is 7.89. The van der Waals surface area contributed by atoms with Gasteiger partial charge < -0.3 is 15.6 Å². The number of benzene rings is 1. The summed E-state index contributed by atoms with van der Waals surface area (Å²) in [5.41, 5.74) is 5.71. The SMILES string of the molecule is Cn1cc(S(=O)(=O)N2CCC(C(=O)Nc3ccc(F)c(Cl)c3)CC2)cc1C(N)=O. The molecule has 1 aromatic carbocycles. The molecule has 1 aromatic heterocycles. The number of piperidine rings is 1. The Bertz CT molecular complexity index is 1060. The summed E-state index contributed by atoms with van der Waals surface area (Å²) in [4.78, 5) is 23.8. The number of rotatable bonds is 5. The van der Waals surface area contributed by atoms with Crippen molar-refractivity contribution in [3.63, 3.8) is 0 Å². The molecule has 0 bridgehead atoms. The van der Waals surface area contributed by atoms with E-state index in [4.69, 9.17) is 17.3 Å². The van der Waals surface area contributed by atoms with Gasteiger partial charge in [0.05, 0.1) is 5.02 Å². The van der Waals surface area contributed by atoms with Crippen molar-refractivity contribution in [3.8, 4) is 0 Å². The third-order valence-corrected chi connectivity index (χ3v) is 7.04. The highest BCUT2D eigenvalue weighted by Crippen LogP contribution is 2.26. The van der Waals surface area contributed by atoms with Crippen LogP contribution in [0.4, 0.5) is 10.1 Å². The van der Waals surface area contributed by atoms with Crippen LogP contribution in [0.2, 0.25) is 5.02 Å². The van der Waals surface area contributed by atoms with Gasteiger partial charge in [0.2, 0.25) is 15.9 Å². The number of primary amides is 1. The van der Waals surface area contributed by atoms with E-state index in [2.05, 4.69) is 5.32 Å². The number of anilines is 1. The van der Waals surface area contributed by atoms with Gasteiger partial charge in [0.25, 0.3) is 5.91 Å². The number of nitrogens with one attached hydrogen (secondary N) is 1. The van der Waals surface area contributed by atoms with E-state index >= 15 is 0 Å². The second-order valence-corrected chi connectivity index (χ2v) is 9.18. The zero-order valence-corrected chi connectivity index (χ0v) is 17.1. The first kappa shape index (κ1) is 21.3. The number of sulfonamides is 1. The molecule has 0 atom stereocenters. The lowest BCUT2D eigenvalue weighted by atomic mass is 9.97. The van der Waals surface area contributed by atoms with Crippen LogP contribution < -0.4 is 11.1 Å². The van der Waals surface area contributed by atoms with Crippen molar-refractivity contribution in [1.29, 1.82) is 0 Å². The maximum atomic E-state index is 13.2. The van der Waals surface area contributed by atoms with Gasteiger partial charge in [0.15, 0.2) is 0 Å². The van der Waals surface area contributed by atoms with Crippen LogP contribution in [0.3, 0.4) is 0 Å². The van der Waals surface area contributed by atoms with E-state index in [1.807, 2.05) is 0 Å². The van der Waals surface area contributed by atoms with Crippen LogP contribution in [0, 0.1) is 11.7 Å². The maximum Gasteiger partial charge on any atom is 0.265 e. The molecule has 29 heavy (non-hydrogen) atoms. The van der Waals surface area contributed by atoms with Crippen LogP contribution in [0.1, 0.15) is 23.3 Å². The predicted octanol–water partition coefficient (Wildman–Crippen LogP) is 1.96. The van der Waals surface area contributed by atoms with Gasteiger partial charge in [0, 0.05) is 37.9 Å². The van der Waals surface area contributed by atoms with Crippen molar-refractivity contribution < 1.29 is 22.4 Å². The fourth-order valence-corrected chi connectivity index (χ4v) is 4.97. The van der Waals surface area contributed by atoms with Crippen LogP contribution in [0.5, 0.6) is 0 Å². The van der Waals surface area contributed by atoms with E-state index in [1.165, 1.54) is 40.3 Å². The second kappa shape index (κ2) is 8.13. The Morgan fingerprint density at radius 1 is 1.24 bits per heavy atom. The maximum absolute atomic E-state index is 13.2. The van der Waals surface area contributed by atoms with Crippen molar-refractivity contribution in [2.24, 2.45) is 18.7 Å². The van der Waals surface area contributed by atoms with E-state index < -0.39 is 21.7 Å². The van der Waals surface area contributed by atoms with Crippen molar-refractivity contribution in [2.75, 3.05) is 18.4 Å². The molecule has 8 nitrogen and oxygen atoms in total. The molecule has 0 radical (unpaired) electrons. The molecular weight excluding hydrogens is 423 g/mol. The first-order valence-electron chi connectivity index (χ1n) is 8.82. The molecule has 2 heterocycles. The molecule has 156 valence electrons. The molecule has 2 aromatic rings. The number of aromatic nitrogens is 1. The van der Waals surface area contributed by atoms with Crippen LogP contribution in [0.25, 0.3) is 0 Å². The third kappa shape index (κ3) is 4.44. The topological polar surface area (TPSA) is 114 Å². The summed E-state index contributed by atoms with van der Waals surface area (Å²) in [5, 5.41) is 2.58. The largest absolute Gasteiger partial charge is 0.364 e. The van der Waals surface area contributed by atoms with Crippen LogP contribution >= 0.6 is 11.6 Å². The minimum absolute atomic E-state index is 0.0161. The van der Waals surface area contributed by atoms with Crippen molar-refractivity contribution >= 4 is 39.1 Å². The number of carbonyl (C=O) groups excluding carboxylic acids is 2. The lowest BCUT2D eigenvalue weighted by molar-refractivity contribution is -0.120. The summed E-state index contributed by atoms with van der Waals surface area (Å²) in [5.74, 6) is -1.96. The minimum atomic E-state index is -3.80. The van der Waals surface area contributed by atoms with E-state index in [1.54, 1.807) is 0 Å². The van der Waals surface area contributed by atoms with Gasteiger partial charge >= 0.3 is 0 Å². The smallest absolute Gasteiger partial charge is 0.265 e. The van der Waals surface area contributed by atoms with Crippen molar-refractivity contribution in [1.82, 2.24) is 8.87 Å². The van der Waals surface area contributed by atoms with Gasteiger partial charge in [0.1, 0.15) is 16.4 Å². The highest BCUT2D eigenvalue weighted by Gasteiger charge is 2.33. The molecule has 0 aliphatic carbocycles. The summed E-state index contributed by atoms with van der Waals surface area (Å²) >= 11 is 5.71. The molecular formula is C18H20ClFN4O4S. The number of nitrogens with zero attached hydrogens (tertiary/aromatic N) is 2. The fraction of sp³-hybridized carbons (Fsp3) is 0.333. The summed E-state index contributed by atoms with van der Waals surface area (Å²) in [6.07, 6.45) is 2.00. The highest BCUT2D eigenvalue weighted by atomic mass is 35.5. The number of carbonyl (C=O) groups is 2. The Kier molecular flexibility index (Phi) is 5.97. The quantitative estimate of drug-likeness (QED) is 0.736. The molecule has 1 aliphatic heterocycles. The van der Waals surface area contributed by atoms with Gasteiger partial charge in [-0.2, -0.15) is 4.31 Å². The number of hydrogen-bond donors (Lipinski definition) is 2. The number of hydrogen-bond acceptors (Lipinski definition) is 4. The van der Waals surface area contributed by atoms with E-state index in [0.29, 0.717) is 18.5 Å². The van der Waals surface area contributed by atoms with Crippen LogP contribution in [-0.2, 0) is 21.9 Å².